The summed E-state index contributed by atoms with van der Waals surface area (Å²) < 4.78 is 26.2. The first-order valence-electron chi connectivity index (χ1n) is 16.1. The van der Waals surface area contributed by atoms with Gasteiger partial charge in [0.05, 0.1) is 19.6 Å². The van der Waals surface area contributed by atoms with Gasteiger partial charge in [-0.15, -0.1) is 0 Å². The van der Waals surface area contributed by atoms with Crippen LogP contribution in [0.1, 0.15) is 84.5 Å². The van der Waals surface area contributed by atoms with Crippen LogP contribution in [0.25, 0.3) is 0 Å². The Morgan fingerprint density at radius 3 is 1.60 bits per heavy atom. The number of hydrogen-bond donors (Lipinski definition) is 4. The van der Waals surface area contributed by atoms with Crippen molar-refractivity contribution >= 4 is 25.7 Å². The molecular weight excluding hydrogens is 625 g/mol. The van der Waals surface area contributed by atoms with Gasteiger partial charge in [0.2, 0.25) is 5.91 Å². The van der Waals surface area contributed by atoms with Crippen molar-refractivity contribution in [1.29, 1.82) is 0 Å². The fourth-order valence-corrected chi connectivity index (χ4v) is 4.21. The van der Waals surface area contributed by atoms with E-state index in [2.05, 4.69) is 82.0 Å². The van der Waals surface area contributed by atoms with Crippen LogP contribution in [0.15, 0.2) is 85.1 Å². The van der Waals surface area contributed by atoms with Crippen molar-refractivity contribution in [2.24, 2.45) is 0 Å². The van der Waals surface area contributed by atoms with Crippen molar-refractivity contribution in [3.8, 4) is 0 Å². The number of unbranched alkanes of at least 4 members (excludes halogenated alkanes) is 1. The maximum absolute atomic E-state index is 12.0. The summed E-state index contributed by atoms with van der Waals surface area (Å²) in [6.45, 7) is 1.99. The molecule has 0 bridgehead atoms. The standard InChI is InChI=1S/C35H54NO10P/c1-3-5-7-8-9-10-11-12-13-14-15-16-17-18-19-20-21-22-23-24-25-27-34(39)44-28-31(37)29-45-47(42,43)46-30-32(35(40)41)36-33(38)26-6-4-2/h5,7,9-10,12-13,15-16,18-19,21-22,24-25,31-32,37H,3-4,6,8,11,14,17,20,23,26-30H2,1-2H3,(H,36,38)(H,40,41)(H,42,43)/b7-5-,10-9-,13-12-,16-15-,19-18-,22-21-,25-24-. The topological polar surface area (TPSA) is 169 Å². The van der Waals surface area contributed by atoms with Gasteiger partial charge in [-0.2, -0.15) is 0 Å². The minimum absolute atomic E-state index is 0.0155. The van der Waals surface area contributed by atoms with Crippen LogP contribution in [0.3, 0.4) is 0 Å². The highest BCUT2D eigenvalue weighted by molar-refractivity contribution is 7.47. The van der Waals surface area contributed by atoms with Crippen molar-refractivity contribution in [3.05, 3.63) is 85.1 Å². The Kier molecular flexibility index (Phi) is 27.9. The van der Waals surface area contributed by atoms with Gasteiger partial charge < -0.3 is 25.2 Å². The number of aliphatic carboxylic acids is 1. The van der Waals surface area contributed by atoms with E-state index in [4.69, 9.17) is 4.74 Å². The van der Waals surface area contributed by atoms with E-state index in [1.807, 2.05) is 25.2 Å². The number of phosphoric ester groups is 1. The number of hydrogen-bond acceptors (Lipinski definition) is 8. The monoisotopic (exact) mass is 679 g/mol. The molecule has 0 aromatic rings. The van der Waals surface area contributed by atoms with Crippen LogP contribution in [0.5, 0.6) is 0 Å². The number of esters is 1. The van der Waals surface area contributed by atoms with Crippen molar-refractivity contribution < 1.29 is 47.8 Å². The Hall–Kier alpha value is -3.34. The molecule has 0 aliphatic rings. The third-order valence-corrected chi connectivity index (χ3v) is 6.93. The molecule has 12 heteroatoms. The molecule has 0 aromatic carbocycles. The van der Waals surface area contributed by atoms with Crippen LogP contribution in [-0.2, 0) is 32.7 Å². The highest BCUT2D eigenvalue weighted by Crippen LogP contribution is 2.43. The lowest BCUT2D eigenvalue weighted by Crippen LogP contribution is -2.43. The molecule has 11 nitrogen and oxygen atoms in total. The summed E-state index contributed by atoms with van der Waals surface area (Å²) in [4.78, 5) is 44.6. The predicted octanol–water partition coefficient (Wildman–Crippen LogP) is 6.82. The van der Waals surface area contributed by atoms with E-state index in [9.17, 15) is 34.1 Å². The highest BCUT2D eigenvalue weighted by Gasteiger charge is 2.28. The van der Waals surface area contributed by atoms with Crippen molar-refractivity contribution in [3.63, 3.8) is 0 Å². The minimum atomic E-state index is -4.75. The van der Waals surface area contributed by atoms with Gasteiger partial charge in [-0.1, -0.05) is 105 Å². The van der Waals surface area contributed by atoms with Gasteiger partial charge in [0.1, 0.15) is 12.7 Å². The van der Waals surface area contributed by atoms with Gasteiger partial charge in [0.15, 0.2) is 6.04 Å². The van der Waals surface area contributed by atoms with Crippen LogP contribution >= 0.6 is 7.82 Å². The Bertz CT molecular complexity index is 1120. The zero-order valence-electron chi connectivity index (χ0n) is 27.8. The zero-order valence-corrected chi connectivity index (χ0v) is 28.7. The molecule has 0 spiro atoms. The van der Waals surface area contributed by atoms with E-state index in [0.29, 0.717) is 12.8 Å². The predicted molar refractivity (Wildman–Crippen MR) is 184 cm³/mol. The van der Waals surface area contributed by atoms with Crippen LogP contribution < -0.4 is 5.32 Å². The molecule has 3 unspecified atom stereocenters. The summed E-state index contributed by atoms with van der Waals surface area (Å²) in [6, 6.07) is -1.55. The number of amides is 1. The highest BCUT2D eigenvalue weighted by atomic mass is 31.2. The fraction of sp³-hybridized carbons (Fsp3) is 0.514. The molecule has 0 saturated carbocycles. The number of ether oxygens (including phenoxy) is 1. The minimum Gasteiger partial charge on any atom is -0.480 e. The average molecular weight is 680 g/mol. The molecule has 0 aliphatic carbocycles. The summed E-state index contributed by atoms with van der Waals surface area (Å²) in [5.74, 6) is -2.58. The third kappa shape index (κ3) is 29.8. The quantitative estimate of drug-likeness (QED) is 0.0391. The second kappa shape index (κ2) is 30.0. The molecular formula is C35H54NO10P. The van der Waals surface area contributed by atoms with Gasteiger partial charge >= 0.3 is 19.8 Å². The van der Waals surface area contributed by atoms with Crippen molar-refractivity contribution in [1.82, 2.24) is 5.32 Å². The Morgan fingerprint density at radius 2 is 1.15 bits per heavy atom. The summed E-state index contributed by atoms with van der Waals surface area (Å²) >= 11 is 0. The molecule has 3 atom stereocenters. The number of nitrogens with one attached hydrogen (secondary N) is 1. The summed E-state index contributed by atoms with van der Waals surface area (Å²) in [5, 5.41) is 21.3. The lowest BCUT2D eigenvalue weighted by molar-refractivity contribution is -0.146. The van der Waals surface area contributed by atoms with E-state index in [1.165, 1.54) is 0 Å². The summed E-state index contributed by atoms with van der Waals surface area (Å²) in [7, 11) is -4.75. The summed E-state index contributed by atoms with van der Waals surface area (Å²) in [6.07, 6.45) is 35.3. The van der Waals surface area contributed by atoms with E-state index in [-0.39, 0.29) is 12.8 Å². The molecule has 0 radical (unpaired) electrons. The molecule has 1 amide bonds. The molecule has 264 valence electrons. The van der Waals surface area contributed by atoms with Gasteiger partial charge in [-0.25, -0.2) is 9.36 Å². The number of carboxylic acids is 1. The third-order valence-electron chi connectivity index (χ3n) is 5.98. The maximum Gasteiger partial charge on any atom is 0.472 e. The number of carbonyl (C=O) groups excluding carboxylic acids is 2. The van der Waals surface area contributed by atoms with Gasteiger partial charge in [-0.3, -0.25) is 18.6 Å². The maximum atomic E-state index is 12.0. The van der Waals surface area contributed by atoms with Crippen LogP contribution in [0.2, 0.25) is 0 Å². The molecule has 0 aliphatic heterocycles. The lowest BCUT2D eigenvalue weighted by atomic mass is 10.2. The molecule has 0 saturated heterocycles. The number of aliphatic hydroxyl groups is 1. The Balaban J connectivity index is 4.03. The first-order chi connectivity index (χ1) is 22.6. The fourth-order valence-electron chi connectivity index (χ4n) is 3.43. The number of carboxylic acid groups (broad SMARTS) is 1. The Labute approximate surface area is 280 Å². The number of aliphatic hydroxyl groups excluding tert-OH is 1. The first-order valence-corrected chi connectivity index (χ1v) is 17.6. The van der Waals surface area contributed by atoms with E-state index < -0.39 is 57.6 Å². The zero-order chi connectivity index (χ0) is 35.0. The molecule has 0 rings (SSSR count). The Morgan fingerprint density at radius 1 is 0.702 bits per heavy atom. The van der Waals surface area contributed by atoms with Crippen LogP contribution in [0.4, 0.5) is 0 Å². The average Bonchev–Trinajstić information content (AvgIpc) is 3.04. The second-order valence-corrected chi connectivity index (χ2v) is 11.7. The van der Waals surface area contributed by atoms with E-state index >= 15 is 0 Å². The van der Waals surface area contributed by atoms with E-state index in [1.54, 1.807) is 6.08 Å². The lowest BCUT2D eigenvalue weighted by Gasteiger charge is -2.18. The van der Waals surface area contributed by atoms with Gasteiger partial charge in [0, 0.05) is 6.42 Å². The molecule has 4 N–H and O–H groups in total. The summed E-state index contributed by atoms with van der Waals surface area (Å²) in [5.41, 5.74) is 0. The number of allylic oxidation sites excluding steroid dienone is 13. The number of phosphoric acid groups is 1. The largest absolute Gasteiger partial charge is 0.480 e. The smallest absolute Gasteiger partial charge is 0.472 e. The first kappa shape index (κ1) is 43.7. The van der Waals surface area contributed by atoms with E-state index in [0.717, 1.165) is 44.9 Å². The SMILES string of the molecule is CC/C=C\C/C=C\C/C=C\C/C=C\C/C=C\C/C=C\C/C=C\CC(=O)OCC(O)COP(=O)(O)OCC(NC(=O)CCCC)C(=O)O. The van der Waals surface area contributed by atoms with Crippen LogP contribution in [0, 0.1) is 0 Å². The normalized spacial score (nSPS) is 15.1. The van der Waals surface area contributed by atoms with Gasteiger partial charge in [-0.05, 0) is 51.4 Å². The van der Waals surface area contributed by atoms with Crippen molar-refractivity contribution in [2.75, 3.05) is 19.8 Å². The molecule has 0 heterocycles. The second-order valence-electron chi connectivity index (χ2n) is 10.3. The van der Waals surface area contributed by atoms with Gasteiger partial charge in [0.25, 0.3) is 0 Å². The molecule has 0 fully saturated rings. The molecule has 47 heavy (non-hydrogen) atoms. The van der Waals surface area contributed by atoms with Crippen molar-refractivity contribution in [2.45, 2.75) is 96.6 Å². The number of rotatable bonds is 28. The molecule has 0 aromatic heterocycles. The number of carbonyl (C=O) groups is 3. The van der Waals surface area contributed by atoms with Crippen LogP contribution in [-0.4, -0.2) is 64.9 Å².